The minimum atomic E-state index is -0.388. The average molecular weight is 248 g/mol. The van der Waals surface area contributed by atoms with E-state index in [0.29, 0.717) is 12.5 Å². The van der Waals surface area contributed by atoms with E-state index in [1.54, 1.807) is 4.90 Å². The Morgan fingerprint density at radius 1 is 1.28 bits per heavy atom. The van der Waals surface area contributed by atoms with Crippen LogP contribution in [-0.2, 0) is 11.3 Å². The maximum atomic E-state index is 12.1. The van der Waals surface area contributed by atoms with E-state index in [0.717, 1.165) is 12.0 Å². The molecule has 0 radical (unpaired) electrons. The van der Waals surface area contributed by atoms with Crippen LogP contribution in [0.4, 0.5) is 0 Å². The molecule has 0 spiro atoms. The topological polar surface area (TPSA) is 46.3 Å². The fraction of sp³-hybridized carbons (Fsp3) is 0.533. The van der Waals surface area contributed by atoms with Crippen LogP contribution in [-0.4, -0.2) is 23.9 Å². The van der Waals surface area contributed by atoms with Crippen LogP contribution in [0.2, 0.25) is 0 Å². The highest BCUT2D eigenvalue weighted by atomic mass is 16.2. The zero-order valence-electron chi connectivity index (χ0n) is 11.8. The van der Waals surface area contributed by atoms with Crippen LogP contribution in [0, 0.1) is 12.8 Å². The van der Waals surface area contributed by atoms with E-state index < -0.39 is 0 Å². The first kappa shape index (κ1) is 14.7. The van der Waals surface area contributed by atoms with Gasteiger partial charge in [-0.05, 0) is 24.8 Å². The summed E-state index contributed by atoms with van der Waals surface area (Å²) in [5, 5.41) is 0. The van der Waals surface area contributed by atoms with Gasteiger partial charge in [-0.15, -0.1) is 0 Å². The predicted octanol–water partition coefficient (Wildman–Crippen LogP) is 2.33. The van der Waals surface area contributed by atoms with Gasteiger partial charge in [-0.3, -0.25) is 4.79 Å². The summed E-state index contributed by atoms with van der Waals surface area (Å²) in [4.78, 5) is 13.8. The van der Waals surface area contributed by atoms with E-state index in [-0.39, 0.29) is 11.9 Å². The summed E-state index contributed by atoms with van der Waals surface area (Å²) < 4.78 is 0. The second-order valence-electron chi connectivity index (χ2n) is 5.42. The second kappa shape index (κ2) is 6.55. The smallest absolute Gasteiger partial charge is 0.239 e. The molecule has 1 aromatic carbocycles. The van der Waals surface area contributed by atoms with Gasteiger partial charge in [-0.1, -0.05) is 43.7 Å². The maximum absolute atomic E-state index is 12.1. The van der Waals surface area contributed by atoms with Gasteiger partial charge in [0, 0.05) is 13.6 Å². The highest BCUT2D eigenvalue weighted by Crippen LogP contribution is 2.09. The summed E-state index contributed by atoms with van der Waals surface area (Å²) >= 11 is 0. The molecule has 0 bridgehead atoms. The monoisotopic (exact) mass is 248 g/mol. The van der Waals surface area contributed by atoms with Crippen molar-refractivity contribution in [3.8, 4) is 0 Å². The van der Waals surface area contributed by atoms with Gasteiger partial charge in [0.2, 0.25) is 5.91 Å². The van der Waals surface area contributed by atoms with Gasteiger partial charge in [0.25, 0.3) is 0 Å². The molecule has 1 rings (SSSR count). The number of nitrogens with two attached hydrogens (primary N) is 1. The fourth-order valence-corrected chi connectivity index (χ4v) is 1.94. The first-order chi connectivity index (χ1) is 8.40. The normalized spacial score (nSPS) is 12.6. The predicted molar refractivity (Wildman–Crippen MR) is 75.1 cm³/mol. The first-order valence-corrected chi connectivity index (χ1v) is 6.46. The van der Waals surface area contributed by atoms with E-state index in [4.69, 9.17) is 5.73 Å². The standard InChI is InChI=1S/C15H24N2O/c1-11(2)9-14(16)15(18)17(4)10-13-7-5-12(3)6-8-13/h5-8,11,14H,9-10,16H2,1-4H3/t14-/m1/s1. The van der Waals surface area contributed by atoms with Crippen molar-refractivity contribution < 1.29 is 4.79 Å². The van der Waals surface area contributed by atoms with Crippen LogP contribution in [0.15, 0.2) is 24.3 Å². The zero-order valence-corrected chi connectivity index (χ0v) is 11.8. The number of carbonyl (C=O) groups excluding carboxylic acids is 1. The molecule has 100 valence electrons. The Balaban J connectivity index is 2.56. The van der Waals surface area contributed by atoms with Crippen molar-refractivity contribution in [1.82, 2.24) is 4.90 Å². The largest absolute Gasteiger partial charge is 0.340 e. The molecule has 0 unspecified atom stereocenters. The molecule has 1 amide bonds. The lowest BCUT2D eigenvalue weighted by Crippen LogP contribution is -2.42. The SMILES string of the molecule is Cc1ccc(CN(C)C(=O)[C@H](N)CC(C)C)cc1. The molecule has 3 heteroatoms. The zero-order chi connectivity index (χ0) is 13.7. The van der Waals surface area contributed by atoms with Crippen molar-refractivity contribution in [2.45, 2.75) is 39.8 Å². The number of aryl methyl sites for hydroxylation is 1. The third-order valence-corrected chi connectivity index (χ3v) is 2.96. The Morgan fingerprint density at radius 3 is 2.33 bits per heavy atom. The van der Waals surface area contributed by atoms with E-state index in [2.05, 4.69) is 32.9 Å². The van der Waals surface area contributed by atoms with E-state index in [9.17, 15) is 4.79 Å². The van der Waals surface area contributed by atoms with Gasteiger partial charge < -0.3 is 10.6 Å². The summed E-state index contributed by atoms with van der Waals surface area (Å²) in [5.74, 6) is 0.459. The Morgan fingerprint density at radius 2 is 1.83 bits per heavy atom. The van der Waals surface area contributed by atoms with E-state index in [1.807, 2.05) is 19.2 Å². The lowest BCUT2D eigenvalue weighted by Gasteiger charge is -2.22. The van der Waals surface area contributed by atoms with Crippen LogP contribution >= 0.6 is 0 Å². The molecule has 0 heterocycles. The summed E-state index contributed by atoms with van der Waals surface area (Å²) in [7, 11) is 1.81. The number of hydrogen-bond donors (Lipinski definition) is 1. The Labute approximate surface area is 110 Å². The van der Waals surface area contributed by atoms with Gasteiger partial charge in [0.05, 0.1) is 6.04 Å². The van der Waals surface area contributed by atoms with Gasteiger partial charge >= 0.3 is 0 Å². The summed E-state index contributed by atoms with van der Waals surface area (Å²) in [5.41, 5.74) is 8.26. The number of benzene rings is 1. The molecule has 18 heavy (non-hydrogen) atoms. The highest BCUT2D eigenvalue weighted by molar-refractivity contribution is 5.81. The Kier molecular flexibility index (Phi) is 5.35. The minimum absolute atomic E-state index is 0.0178. The van der Waals surface area contributed by atoms with Crippen molar-refractivity contribution in [1.29, 1.82) is 0 Å². The molecule has 0 aromatic heterocycles. The third kappa shape index (κ3) is 4.49. The Hall–Kier alpha value is -1.35. The van der Waals surface area contributed by atoms with Crippen molar-refractivity contribution in [3.05, 3.63) is 35.4 Å². The van der Waals surface area contributed by atoms with Gasteiger partial charge in [-0.25, -0.2) is 0 Å². The van der Waals surface area contributed by atoms with Crippen molar-refractivity contribution in [3.63, 3.8) is 0 Å². The van der Waals surface area contributed by atoms with Crippen molar-refractivity contribution in [2.24, 2.45) is 11.7 Å². The molecule has 3 nitrogen and oxygen atoms in total. The fourth-order valence-electron chi connectivity index (χ4n) is 1.94. The summed E-state index contributed by atoms with van der Waals surface area (Å²) in [6.07, 6.45) is 0.733. The lowest BCUT2D eigenvalue weighted by atomic mass is 10.0. The number of nitrogens with zero attached hydrogens (tertiary/aromatic N) is 1. The summed E-state index contributed by atoms with van der Waals surface area (Å²) in [6, 6.07) is 7.82. The van der Waals surface area contributed by atoms with Gasteiger partial charge in [0.1, 0.15) is 0 Å². The Bertz CT molecular complexity index is 384. The van der Waals surface area contributed by atoms with Crippen LogP contribution in [0.1, 0.15) is 31.4 Å². The van der Waals surface area contributed by atoms with Crippen molar-refractivity contribution in [2.75, 3.05) is 7.05 Å². The molecule has 0 aliphatic rings. The van der Waals surface area contributed by atoms with Crippen LogP contribution in [0.25, 0.3) is 0 Å². The van der Waals surface area contributed by atoms with Crippen LogP contribution < -0.4 is 5.73 Å². The molecule has 1 aromatic rings. The van der Waals surface area contributed by atoms with Gasteiger partial charge in [0.15, 0.2) is 0 Å². The number of amides is 1. The quantitative estimate of drug-likeness (QED) is 0.869. The third-order valence-electron chi connectivity index (χ3n) is 2.96. The number of rotatable bonds is 5. The van der Waals surface area contributed by atoms with Crippen LogP contribution in [0.5, 0.6) is 0 Å². The van der Waals surface area contributed by atoms with Crippen LogP contribution in [0.3, 0.4) is 0 Å². The molecular weight excluding hydrogens is 224 g/mol. The number of carbonyl (C=O) groups is 1. The second-order valence-corrected chi connectivity index (χ2v) is 5.42. The molecule has 0 saturated carbocycles. The average Bonchev–Trinajstić information content (AvgIpc) is 2.30. The maximum Gasteiger partial charge on any atom is 0.239 e. The molecule has 0 fully saturated rings. The van der Waals surface area contributed by atoms with Gasteiger partial charge in [-0.2, -0.15) is 0 Å². The summed E-state index contributed by atoms with van der Waals surface area (Å²) in [6.45, 7) is 6.82. The molecule has 0 aliphatic carbocycles. The minimum Gasteiger partial charge on any atom is -0.340 e. The molecule has 1 atom stereocenters. The lowest BCUT2D eigenvalue weighted by molar-refractivity contribution is -0.132. The number of hydrogen-bond acceptors (Lipinski definition) is 2. The van der Waals surface area contributed by atoms with E-state index in [1.165, 1.54) is 5.56 Å². The molecule has 2 N–H and O–H groups in total. The van der Waals surface area contributed by atoms with E-state index >= 15 is 0 Å². The molecular formula is C15H24N2O. The molecule has 0 aliphatic heterocycles. The first-order valence-electron chi connectivity index (χ1n) is 6.46. The highest BCUT2D eigenvalue weighted by Gasteiger charge is 2.18. The number of likely N-dealkylation sites (N-methyl/N-ethyl adjacent to an activating group) is 1. The van der Waals surface area contributed by atoms with Crippen molar-refractivity contribution >= 4 is 5.91 Å². The molecule has 0 saturated heterocycles.